The molecule has 2 aromatic rings. The third kappa shape index (κ3) is 4.86. The standard InChI is InChI=1S/C22H26N4O4/c23-14-17-3-1-4-18(13-17)22(27)26-9-2-5-19(26)21-24-20(25-30-21)8-12-29-15-16-6-10-28-11-7-16/h1,3-4,13,16,19H,2,5-12,15H2. The highest BCUT2D eigenvalue weighted by Crippen LogP contribution is 2.32. The van der Waals surface area contributed by atoms with Crippen LogP contribution in [0.3, 0.4) is 0 Å². The lowest BCUT2D eigenvalue weighted by atomic mass is 10.0. The summed E-state index contributed by atoms with van der Waals surface area (Å²) in [6.07, 6.45) is 4.34. The predicted octanol–water partition coefficient (Wildman–Crippen LogP) is 2.90. The van der Waals surface area contributed by atoms with Gasteiger partial charge in [0.2, 0.25) is 5.89 Å². The van der Waals surface area contributed by atoms with E-state index in [1.165, 1.54) is 0 Å². The number of hydrogen-bond acceptors (Lipinski definition) is 7. The van der Waals surface area contributed by atoms with Crippen molar-refractivity contribution >= 4 is 5.91 Å². The molecular weight excluding hydrogens is 384 g/mol. The molecule has 0 saturated carbocycles. The van der Waals surface area contributed by atoms with Gasteiger partial charge in [0.1, 0.15) is 6.04 Å². The number of likely N-dealkylation sites (tertiary alicyclic amines) is 1. The number of nitrogens with zero attached hydrogens (tertiary/aromatic N) is 4. The fourth-order valence-electron chi connectivity index (χ4n) is 3.99. The van der Waals surface area contributed by atoms with E-state index in [9.17, 15) is 4.79 Å². The van der Waals surface area contributed by atoms with Gasteiger partial charge in [-0.05, 0) is 49.8 Å². The van der Waals surface area contributed by atoms with Crippen molar-refractivity contribution in [2.24, 2.45) is 5.92 Å². The number of ether oxygens (including phenoxy) is 2. The highest BCUT2D eigenvalue weighted by atomic mass is 16.5. The average Bonchev–Trinajstić information content (AvgIpc) is 3.46. The Morgan fingerprint density at radius 3 is 3.00 bits per heavy atom. The second-order valence-electron chi connectivity index (χ2n) is 7.78. The Balaban J connectivity index is 1.32. The maximum atomic E-state index is 13.0. The van der Waals surface area contributed by atoms with E-state index in [1.807, 2.05) is 0 Å². The van der Waals surface area contributed by atoms with Gasteiger partial charge < -0.3 is 18.9 Å². The molecule has 2 aliphatic rings. The molecule has 1 aromatic heterocycles. The molecule has 2 fully saturated rings. The molecule has 1 unspecified atom stereocenters. The van der Waals surface area contributed by atoms with Gasteiger partial charge in [-0.25, -0.2) is 0 Å². The number of carbonyl (C=O) groups is 1. The largest absolute Gasteiger partial charge is 0.381 e. The Labute approximate surface area is 175 Å². The lowest BCUT2D eigenvalue weighted by Crippen LogP contribution is -2.30. The van der Waals surface area contributed by atoms with Crippen molar-refractivity contribution in [2.75, 3.05) is 33.0 Å². The van der Waals surface area contributed by atoms with E-state index in [0.717, 1.165) is 45.5 Å². The van der Waals surface area contributed by atoms with Crippen molar-refractivity contribution in [1.82, 2.24) is 15.0 Å². The Morgan fingerprint density at radius 1 is 1.30 bits per heavy atom. The van der Waals surface area contributed by atoms with Crippen LogP contribution < -0.4 is 0 Å². The third-order valence-corrected chi connectivity index (χ3v) is 5.69. The smallest absolute Gasteiger partial charge is 0.254 e. The zero-order valence-corrected chi connectivity index (χ0v) is 17.0. The Hall–Kier alpha value is -2.76. The lowest BCUT2D eigenvalue weighted by molar-refractivity contribution is 0.0211. The number of hydrogen-bond donors (Lipinski definition) is 0. The van der Waals surface area contributed by atoms with E-state index in [2.05, 4.69) is 16.2 Å². The highest BCUT2D eigenvalue weighted by molar-refractivity contribution is 5.95. The molecule has 158 valence electrons. The van der Waals surface area contributed by atoms with E-state index in [1.54, 1.807) is 29.2 Å². The zero-order chi connectivity index (χ0) is 20.8. The van der Waals surface area contributed by atoms with Crippen LogP contribution in [-0.4, -0.2) is 53.9 Å². The molecule has 1 aromatic carbocycles. The highest BCUT2D eigenvalue weighted by Gasteiger charge is 2.34. The van der Waals surface area contributed by atoms with Gasteiger partial charge in [-0.2, -0.15) is 10.2 Å². The van der Waals surface area contributed by atoms with E-state index in [4.69, 9.17) is 19.3 Å². The normalized spacial score (nSPS) is 19.7. The molecule has 3 heterocycles. The average molecular weight is 410 g/mol. The molecule has 0 spiro atoms. The summed E-state index contributed by atoms with van der Waals surface area (Å²) in [5.74, 6) is 1.52. The second kappa shape index (κ2) is 9.83. The molecule has 1 amide bonds. The first kappa shape index (κ1) is 20.5. The van der Waals surface area contributed by atoms with Gasteiger partial charge >= 0.3 is 0 Å². The number of carbonyl (C=O) groups excluding carboxylic acids is 1. The minimum atomic E-state index is -0.229. The summed E-state index contributed by atoms with van der Waals surface area (Å²) in [6.45, 7) is 3.55. The number of amides is 1. The molecule has 0 aliphatic carbocycles. The summed E-state index contributed by atoms with van der Waals surface area (Å²) in [5, 5.41) is 13.2. The van der Waals surface area contributed by atoms with Crippen molar-refractivity contribution < 1.29 is 18.8 Å². The maximum Gasteiger partial charge on any atom is 0.254 e. The minimum absolute atomic E-state index is 0.117. The zero-order valence-electron chi connectivity index (χ0n) is 17.0. The van der Waals surface area contributed by atoms with Crippen molar-refractivity contribution in [1.29, 1.82) is 5.26 Å². The molecule has 4 rings (SSSR count). The van der Waals surface area contributed by atoms with Gasteiger partial charge in [0.15, 0.2) is 5.82 Å². The van der Waals surface area contributed by atoms with Crippen LogP contribution in [0.1, 0.15) is 59.4 Å². The van der Waals surface area contributed by atoms with Gasteiger partial charge in [0.25, 0.3) is 5.91 Å². The summed E-state index contributed by atoms with van der Waals surface area (Å²) in [7, 11) is 0. The van der Waals surface area contributed by atoms with Crippen LogP contribution >= 0.6 is 0 Å². The van der Waals surface area contributed by atoms with Crippen LogP contribution in [0.4, 0.5) is 0 Å². The second-order valence-corrected chi connectivity index (χ2v) is 7.78. The van der Waals surface area contributed by atoms with Gasteiger partial charge in [-0.1, -0.05) is 11.2 Å². The predicted molar refractivity (Wildman–Crippen MR) is 107 cm³/mol. The van der Waals surface area contributed by atoms with Gasteiger partial charge in [-0.15, -0.1) is 0 Å². The van der Waals surface area contributed by atoms with Crippen LogP contribution in [0.15, 0.2) is 28.8 Å². The molecule has 1 atom stereocenters. The summed E-state index contributed by atoms with van der Waals surface area (Å²) < 4.78 is 16.6. The van der Waals surface area contributed by atoms with Crippen LogP contribution in [-0.2, 0) is 15.9 Å². The number of aromatic nitrogens is 2. The van der Waals surface area contributed by atoms with E-state index in [-0.39, 0.29) is 11.9 Å². The Kier molecular flexibility index (Phi) is 6.72. The van der Waals surface area contributed by atoms with E-state index < -0.39 is 0 Å². The molecule has 0 bridgehead atoms. The first-order chi connectivity index (χ1) is 14.7. The molecule has 0 N–H and O–H groups in total. The lowest BCUT2D eigenvalue weighted by Gasteiger charge is -2.22. The monoisotopic (exact) mass is 410 g/mol. The van der Waals surface area contributed by atoms with Crippen LogP contribution in [0, 0.1) is 17.2 Å². The van der Waals surface area contributed by atoms with E-state index in [0.29, 0.717) is 48.3 Å². The maximum absolute atomic E-state index is 13.0. The van der Waals surface area contributed by atoms with Crippen molar-refractivity contribution in [2.45, 2.75) is 38.1 Å². The van der Waals surface area contributed by atoms with E-state index >= 15 is 0 Å². The summed E-state index contributed by atoms with van der Waals surface area (Å²) in [5.41, 5.74) is 0.972. The van der Waals surface area contributed by atoms with Gasteiger partial charge in [0, 0.05) is 38.3 Å². The minimum Gasteiger partial charge on any atom is -0.381 e. The first-order valence-electron chi connectivity index (χ1n) is 10.5. The quantitative estimate of drug-likeness (QED) is 0.647. The van der Waals surface area contributed by atoms with Crippen LogP contribution in [0.2, 0.25) is 0 Å². The topological polar surface area (TPSA) is 101 Å². The fourth-order valence-corrected chi connectivity index (χ4v) is 3.99. The Morgan fingerprint density at radius 2 is 2.17 bits per heavy atom. The molecule has 2 saturated heterocycles. The van der Waals surface area contributed by atoms with Crippen LogP contribution in [0.25, 0.3) is 0 Å². The van der Waals surface area contributed by atoms with Crippen molar-refractivity contribution in [3.05, 3.63) is 47.1 Å². The number of benzene rings is 1. The molecule has 0 radical (unpaired) electrons. The van der Waals surface area contributed by atoms with Crippen molar-refractivity contribution in [3.8, 4) is 6.07 Å². The van der Waals surface area contributed by atoms with Crippen LogP contribution in [0.5, 0.6) is 0 Å². The summed E-state index contributed by atoms with van der Waals surface area (Å²) in [6, 6.07) is 8.60. The van der Waals surface area contributed by atoms with Crippen molar-refractivity contribution in [3.63, 3.8) is 0 Å². The number of rotatable bonds is 7. The molecule has 8 heteroatoms. The third-order valence-electron chi connectivity index (χ3n) is 5.69. The molecule has 8 nitrogen and oxygen atoms in total. The van der Waals surface area contributed by atoms with Gasteiger partial charge in [0.05, 0.1) is 18.2 Å². The molecule has 2 aliphatic heterocycles. The molecule has 30 heavy (non-hydrogen) atoms. The summed E-state index contributed by atoms with van der Waals surface area (Å²) >= 11 is 0. The molecular formula is C22H26N4O4. The number of nitriles is 1. The SMILES string of the molecule is N#Cc1cccc(C(=O)N2CCCC2c2nc(CCOCC3CCOCC3)no2)c1. The summed E-state index contributed by atoms with van der Waals surface area (Å²) in [4.78, 5) is 19.2. The van der Waals surface area contributed by atoms with Gasteiger partial charge in [-0.3, -0.25) is 4.79 Å². The first-order valence-corrected chi connectivity index (χ1v) is 10.5. The Bertz CT molecular complexity index is 901. The fraction of sp³-hybridized carbons (Fsp3) is 0.545.